The molecule has 3 aromatic carbocycles. The van der Waals surface area contributed by atoms with Gasteiger partial charge in [-0.15, -0.1) is 0 Å². The number of benzene rings is 3. The minimum Gasteiger partial charge on any atom is -0.489 e. The predicted octanol–water partition coefficient (Wildman–Crippen LogP) is 5.37. The topological polar surface area (TPSA) is 47.3 Å². The van der Waals surface area contributed by atoms with Crippen LogP contribution in [0.5, 0.6) is 5.75 Å². The molecule has 1 N–H and O–H groups in total. The number of aliphatic hydroxyl groups excluding tert-OH is 1. The van der Waals surface area contributed by atoms with Gasteiger partial charge >= 0.3 is 0 Å². The fraction of sp³-hybridized carbons (Fsp3) is 0.174. The predicted molar refractivity (Wildman–Crippen MR) is 117 cm³/mol. The van der Waals surface area contributed by atoms with Gasteiger partial charge in [0.1, 0.15) is 24.3 Å². The van der Waals surface area contributed by atoms with E-state index < -0.39 is 6.10 Å². The number of halogens is 2. The number of hydrogen-bond acceptors (Lipinski definition) is 3. The van der Waals surface area contributed by atoms with E-state index in [0.29, 0.717) is 28.8 Å². The zero-order chi connectivity index (χ0) is 20.2. The van der Waals surface area contributed by atoms with Crippen LogP contribution in [0, 0.1) is 0 Å². The Balaban J connectivity index is 1.55. The van der Waals surface area contributed by atoms with Gasteiger partial charge in [-0.3, -0.25) is 0 Å². The molecule has 4 rings (SSSR count). The van der Waals surface area contributed by atoms with E-state index in [1.807, 2.05) is 65.2 Å². The van der Waals surface area contributed by atoms with Crippen molar-refractivity contribution in [2.75, 3.05) is 6.61 Å². The number of aliphatic hydroxyl groups is 1. The van der Waals surface area contributed by atoms with Crippen LogP contribution in [-0.2, 0) is 13.0 Å². The first-order chi connectivity index (χ1) is 14.1. The summed E-state index contributed by atoms with van der Waals surface area (Å²) < 4.78 is 7.75. The maximum Gasteiger partial charge on any atom is 0.138 e. The average Bonchev–Trinajstić information content (AvgIpc) is 3.06. The number of rotatable bonds is 7. The Kier molecular flexibility index (Phi) is 6.05. The summed E-state index contributed by atoms with van der Waals surface area (Å²) in [5.74, 6) is 1.44. The van der Waals surface area contributed by atoms with Crippen molar-refractivity contribution >= 4 is 34.2 Å². The summed E-state index contributed by atoms with van der Waals surface area (Å²) in [6, 6.07) is 22.9. The first-order valence-electron chi connectivity index (χ1n) is 9.34. The molecule has 0 aliphatic rings. The minimum atomic E-state index is -0.715. The third-order valence-corrected chi connectivity index (χ3v) is 5.23. The molecule has 0 saturated heterocycles. The highest BCUT2D eigenvalue weighted by Gasteiger charge is 2.15. The Labute approximate surface area is 179 Å². The molecule has 4 nitrogen and oxygen atoms in total. The van der Waals surface area contributed by atoms with E-state index >= 15 is 0 Å². The Hall–Kier alpha value is -2.53. The Bertz CT molecular complexity index is 1110. The molecule has 0 saturated carbocycles. The van der Waals surface area contributed by atoms with Crippen LogP contribution >= 0.6 is 23.2 Å². The molecule has 1 atom stereocenters. The summed E-state index contributed by atoms with van der Waals surface area (Å²) in [5, 5.41) is 11.9. The first-order valence-corrected chi connectivity index (χ1v) is 10.1. The molecule has 1 heterocycles. The highest BCUT2D eigenvalue weighted by atomic mass is 35.5. The van der Waals surface area contributed by atoms with Crippen molar-refractivity contribution in [3.63, 3.8) is 0 Å². The molecule has 0 fully saturated rings. The Morgan fingerprint density at radius 2 is 1.66 bits per heavy atom. The van der Waals surface area contributed by atoms with Gasteiger partial charge in [-0.25, -0.2) is 4.98 Å². The van der Waals surface area contributed by atoms with Gasteiger partial charge in [0.15, 0.2) is 0 Å². The zero-order valence-corrected chi connectivity index (χ0v) is 17.1. The number of nitrogens with zero attached hydrogens (tertiary/aromatic N) is 2. The smallest absolute Gasteiger partial charge is 0.138 e. The van der Waals surface area contributed by atoms with Crippen molar-refractivity contribution in [2.24, 2.45) is 0 Å². The maximum atomic E-state index is 10.6. The lowest BCUT2D eigenvalue weighted by molar-refractivity contribution is 0.0928. The van der Waals surface area contributed by atoms with Gasteiger partial charge in [-0.1, -0.05) is 59.6 Å². The first kappa shape index (κ1) is 19.8. The van der Waals surface area contributed by atoms with Crippen molar-refractivity contribution in [3.05, 3.63) is 94.2 Å². The summed E-state index contributed by atoms with van der Waals surface area (Å²) in [6.07, 6.45) is -0.0722. The van der Waals surface area contributed by atoms with E-state index in [0.717, 1.165) is 22.4 Å². The molecule has 0 aliphatic heterocycles. The van der Waals surface area contributed by atoms with Gasteiger partial charge in [0.2, 0.25) is 0 Å². The highest BCUT2D eigenvalue weighted by molar-refractivity contribution is 6.32. The zero-order valence-electron chi connectivity index (χ0n) is 15.6. The van der Waals surface area contributed by atoms with Gasteiger partial charge in [-0.05, 0) is 42.0 Å². The number of imidazole rings is 1. The number of aromatic nitrogens is 2. The van der Waals surface area contributed by atoms with Crippen molar-refractivity contribution in [1.82, 2.24) is 9.55 Å². The lowest BCUT2D eigenvalue weighted by atomic mass is 10.1. The standard InChI is InChI=1S/C23H20Cl2N2O2/c24-17-11-9-16(10-12-17)13-23-26-20-6-2-3-7-21(20)27(23)14-18(28)15-29-22-8-4-1-5-19(22)25/h1-12,18,28H,13-15H2/t18-/m1/s1. The van der Waals surface area contributed by atoms with Crippen LogP contribution in [0.1, 0.15) is 11.4 Å². The van der Waals surface area contributed by atoms with Gasteiger partial charge in [0, 0.05) is 11.4 Å². The molecule has 1 aromatic heterocycles. The quantitative estimate of drug-likeness (QED) is 0.431. The van der Waals surface area contributed by atoms with Gasteiger partial charge < -0.3 is 14.4 Å². The second kappa shape index (κ2) is 8.87. The third kappa shape index (κ3) is 4.73. The maximum absolute atomic E-state index is 10.6. The van der Waals surface area contributed by atoms with Crippen molar-refractivity contribution < 1.29 is 9.84 Å². The van der Waals surface area contributed by atoms with Crippen LogP contribution in [0.3, 0.4) is 0 Å². The number of hydrogen-bond donors (Lipinski definition) is 1. The number of ether oxygens (including phenoxy) is 1. The molecular formula is C23H20Cl2N2O2. The Morgan fingerprint density at radius 1 is 0.931 bits per heavy atom. The molecule has 0 aliphatic carbocycles. The number of para-hydroxylation sites is 3. The lowest BCUT2D eigenvalue weighted by Crippen LogP contribution is -2.24. The van der Waals surface area contributed by atoms with E-state index in [9.17, 15) is 5.11 Å². The summed E-state index contributed by atoms with van der Waals surface area (Å²) in [6.45, 7) is 0.504. The second-order valence-electron chi connectivity index (χ2n) is 6.83. The molecule has 0 radical (unpaired) electrons. The molecule has 0 unspecified atom stereocenters. The SMILES string of the molecule is O[C@@H](COc1ccccc1Cl)Cn1c(Cc2ccc(Cl)cc2)nc2ccccc21. The van der Waals surface area contributed by atoms with Crippen molar-refractivity contribution in [1.29, 1.82) is 0 Å². The minimum absolute atomic E-state index is 0.136. The van der Waals surface area contributed by atoms with Gasteiger partial charge in [-0.2, -0.15) is 0 Å². The Morgan fingerprint density at radius 3 is 2.45 bits per heavy atom. The summed E-state index contributed by atoms with van der Waals surface area (Å²) >= 11 is 12.1. The van der Waals surface area contributed by atoms with E-state index in [1.165, 1.54) is 0 Å². The average molecular weight is 427 g/mol. The van der Waals surface area contributed by atoms with Crippen molar-refractivity contribution in [3.8, 4) is 5.75 Å². The third-order valence-electron chi connectivity index (χ3n) is 4.67. The fourth-order valence-corrected chi connectivity index (χ4v) is 3.58. The number of fused-ring (bicyclic) bond motifs is 1. The van der Waals surface area contributed by atoms with E-state index in [-0.39, 0.29) is 6.61 Å². The molecule has 148 valence electrons. The second-order valence-corrected chi connectivity index (χ2v) is 7.67. The molecular weight excluding hydrogens is 407 g/mol. The van der Waals surface area contributed by atoms with Crippen LogP contribution in [0.2, 0.25) is 10.0 Å². The summed E-state index contributed by atoms with van der Waals surface area (Å²) in [5.41, 5.74) is 2.98. The van der Waals surface area contributed by atoms with Crippen LogP contribution in [-0.4, -0.2) is 27.4 Å². The van der Waals surface area contributed by atoms with Gasteiger partial charge in [0.05, 0.1) is 22.6 Å². The van der Waals surface area contributed by atoms with E-state index in [2.05, 4.69) is 0 Å². The molecule has 0 amide bonds. The molecule has 6 heteroatoms. The van der Waals surface area contributed by atoms with Crippen LogP contribution in [0.4, 0.5) is 0 Å². The normalized spacial score (nSPS) is 12.2. The van der Waals surface area contributed by atoms with Crippen molar-refractivity contribution in [2.45, 2.75) is 19.1 Å². The highest BCUT2D eigenvalue weighted by Crippen LogP contribution is 2.24. The van der Waals surface area contributed by atoms with Crippen LogP contribution < -0.4 is 4.74 Å². The summed E-state index contributed by atoms with van der Waals surface area (Å²) in [4.78, 5) is 4.77. The largest absolute Gasteiger partial charge is 0.489 e. The molecule has 4 aromatic rings. The summed E-state index contributed by atoms with van der Waals surface area (Å²) in [7, 11) is 0. The monoisotopic (exact) mass is 426 g/mol. The molecule has 0 spiro atoms. The molecule has 0 bridgehead atoms. The fourth-order valence-electron chi connectivity index (χ4n) is 3.26. The van der Waals surface area contributed by atoms with E-state index in [4.69, 9.17) is 32.9 Å². The lowest BCUT2D eigenvalue weighted by Gasteiger charge is -2.16. The van der Waals surface area contributed by atoms with E-state index in [1.54, 1.807) is 12.1 Å². The van der Waals surface area contributed by atoms with Crippen LogP contribution in [0.25, 0.3) is 11.0 Å². The van der Waals surface area contributed by atoms with Crippen LogP contribution in [0.15, 0.2) is 72.8 Å². The van der Waals surface area contributed by atoms with Gasteiger partial charge in [0.25, 0.3) is 0 Å². The molecule has 29 heavy (non-hydrogen) atoms.